The lowest BCUT2D eigenvalue weighted by Gasteiger charge is -2.13. The molecule has 2 aliphatic rings. The molecule has 8 heteroatoms. The van der Waals surface area contributed by atoms with Crippen molar-refractivity contribution in [2.45, 2.75) is 12.8 Å². The highest BCUT2D eigenvalue weighted by Crippen LogP contribution is 2.42. The first-order chi connectivity index (χ1) is 14.6. The predicted octanol–water partition coefficient (Wildman–Crippen LogP) is 6.88. The molecule has 2 heterocycles. The number of benzene rings is 2. The fourth-order valence-electron chi connectivity index (χ4n) is 3.45. The van der Waals surface area contributed by atoms with Crippen molar-refractivity contribution in [1.29, 1.82) is 0 Å². The van der Waals surface area contributed by atoms with Gasteiger partial charge in [0.1, 0.15) is 0 Å². The van der Waals surface area contributed by atoms with Gasteiger partial charge in [-0.05, 0) is 53.8 Å². The van der Waals surface area contributed by atoms with E-state index in [1.165, 1.54) is 11.1 Å². The molecule has 0 unspecified atom stereocenters. The average molecular weight is 577 g/mol. The maximum absolute atomic E-state index is 6.38. The van der Waals surface area contributed by atoms with Crippen LogP contribution in [-0.2, 0) is 12.8 Å². The molecule has 0 bridgehead atoms. The highest BCUT2D eigenvalue weighted by molar-refractivity contribution is 9.09. The van der Waals surface area contributed by atoms with Crippen LogP contribution in [0.25, 0.3) is 0 Å². The molecule has 0 N–H and O–H groups in total. The van der Waals surface area contributed by atoms with E-state index in [2.05, 4.69) is 44.0 Å². The van der Waals surface area contributed by atoms with Crippen molar-refractivity contribution in [3.8, 4) is 23.0 Å². The van der Waals surface area contributed by atoms with Gasteiger partial charge < -0.3 is 18.9 Å². The number of rotatable bonds is 7. The van der Waals surface area contributed by atoms with Crippen molar-refractivity contribution in [3.05, 3.63) is 68.7 Å². The Morgan fingerprint density at radius 2 is 1.40 bits per heavy atom. The van der Waals surface area contributed by atoms with Gasteiger partial charge in [-0.2, -0.15) is 0 Å². The second-order valence-corrected chi connectivity index (χ2v) is 8.82. The summed E-state index contributed by atoms with van der Waals surface area (Å²) in [7, 11) is 0. The molecule has 0 amide bonds. The third-order valence-electron chi connectivity index (χ3n) is 4.81. The van der Waals surface area contributed by atoms with E-state index in [0.717, 1.165) is 28.2 Å². The first-order valence-electron chi connectivity index (χ1n) is 9.24. The maximum Gasteiger partial charge on any atom is 0.231 e. The molecular formula is C22H18Br2Cl2O4. The number of hydrogen-bond acceptors (Lipinski definition) is 4. The molecule has 4 rings (SSSR count). The highest BCUT2D eigenvalue weighted by atomic mass is 79.9. The molecule has 0 radical (unpaired) electrons. The van der Waals surface area contributed by atoms with Gasteiger partial charge in [-0.1, -0.05) is 72.8 Å². The summed E-state index contributed by atoms with van der Waals surface area (Å²) in [5.41, 5.74) is 4.54. The van der Waals surface area contributed by atoms with Gasteiger partial charge in [0.05, 0.1) is 10.0 Å². The second kappa shape index (κ2) is 9.86. The fourth-order valence-corrected chi connectivity index (χ4v) is 4.77. The lowest BCUT2D eigenvalue weighted by molar-refractivity contribution is 0.173. The summed E-state index contributed by atoms with van der Waals surface area (Å²) in [4.78, 5) is 0. The minimum atomic E-state index is 0.197. The van der Waals surface area contributed by atoms with Gasteiger partial charge in [-0.25, -0.2) is 0 Å². The number of allylic oxidation sites excluding steroid dienone is 4. The van der Waals surface area contributed by atoms with Crippen molar-refractivity contribution in [2.75, 3.05) is 24.2 Å². The number of alkyl halides is 2. The Balaban J connectivity index is 1.66. The van der Waals surface area contributed by atoms with Crippen LogP contribution < -0.4 is 18.9 Å². The lowest BCUT2D eigenvalue weighted by atomic mass is 9.95. The van der Waals surface area contributed by atoms with E-state index in [9.17, 15) is 0 Å². The summed E-state index contributed by atoms with van der Waals surface area (Å²) in [6, 6.07) is 7.83. The van der Waals surface area contributed by atoms with Crippen LogP contribution in [0.4, 0.5) is 0 Å². The van der Waals surface area contributed by atoms with Crippen molar-refractivity contribution in [1.82, 2.24) is 0 Å². The fraction of sp³-hybridized carbons (Fsp3) is 0.273. The van der Waals surface area contributed by atoms with Gasteiger partial charge >= 0.3 is 0 Å². The van der Waals surface area contributed by atoms with E-state index in [4.69, 9.17) is 42.1 Å². The topological polar surface area (TPSA) is 36.9 Å². The van der Waals surface area contributed by atoms with Crippen LogP contribution >= 0.6 is 55.1 Å². The quantitative estimate of drug-likeness (QED) is 0.266. The molecule has 2 aromatic carbocycles. The zero-order valence-corrected chi connectivity index (χ0v) is 20.5. The van der Waals surface area contributed by atoms with Crippen LogP contribution in [0, 0.1) is 0 Å². The monoisotopic (exact) mass is 574 g/mol. The minimum Gasteiger partial charge on any atom is -0.454 e. The number of halogens is 4. The Hall–Kier alpha value is -1.34. The van der Waals surface area contributed by atoms with E-state index >= 15 is 0 Å². The zero-order chi connectivity index (χ0) is 21.1. The zero-order valence-electron chi connectivity index (χ0n) is 15.9. The SMILES string of the molecule is Clc1cc(CC(/C=C/CBr)=C(\CBr)Cc2cc(Cl)c3c(c2)OCO3)cc2c1OCO2. The Kier molecular flexibility index (Phi) is 7.19. The van der Waals surface area contributed by atoms with Gasteiger partial charge in [0, 0.05) is 10.7 Å². The van der Waals surface area contributed by atoms with Crippen molar-refractivity contribution < 1.29 is 18.9 Å². The predicted molar refractivity (Wildman–Crippen MR) is 126 cm³/mol. The summed E-state index contributed by atoms with van der Waals surface area (Å²) in [5, 5.41) is 2.61. The van der Waals surface area contributed by atoms with E-state index in [1.54, 1.807) is 0 Å². The van der Waals surface area contributed by atoms with Crippen LogP contribution in [-0.4, -0.2) is 24.2 Å². The van der Waals surface area contributed by atoms with E-state index in [1.807, 2.05) is 24.3 Å². The molecule has 0 saturated heterocycles. The first-order valence-corrected chi connectivity index (χ1v) is 12.2. The summed E-state index contributed by atoms with van der Waals surface area (Å²) >= 11 is 19.9. The molecular weight excluding hydrogens is 559 g/mol. The lowest BCUT2D eigenvalue weighted by Crippen LogP contribution is -2.01. The smallest absolute Gasteiger partial charge is 0.231 e. The Labute approximate surface area is 202 Å². The molecule has 0 fully saturated rings. The first kappa shape index (κ1) is 21.9. The Morgan fingerprint density at radius 3 is 1.93 bits per heavy atom. The minimum absolute atomic E-state index is 0.197. The van der Waals surface area contributed by atoms with Crippen molar-refractivity contribution in [2.24, 2.45) is 0 Å². The molecule has 0 aromatic heterocycles. The van der Waals surface area contributed by atoms with E-state index in [-0.39, 0.29) is 13.6 Å². The molecule has 30 heavy (non-hydrogen) atoms. The number of hydrogen-bond donors (Lipinski definition) is 0. The summed E-state index contributed by atoms with van der Waals surface area (Å²) in [5.74, 6) is 2.59. The molecule has 0 aliphatic carbocycles. The molecule has 0 saturated carbocycles. The van der Waals surface area contributed by atoms with Gasteiger partial charge in [-0.15, -0.1) is 0 Å². The van der Waals surface area contributed by atoms with Crippen LogP contribution in [0.1, 0.15) is 11.1 Å². The summed E-state index contributed by atoms with van der Waals surface area (Å²) < 4.78 is 21.9. The van der Waals surface area contributed by atoms with Crippen LogP contribution in [0.15, 0.2) is 47.6 Å². The van der Waals surface area contributed by atoms with Crippen molar-refractivity contribution in [3.63, 3.8) is 0 Å². The molecule has 0 spiro atoms. The Bertz CT molecular complexity index is 1020. The molecule has 2 aliphatic heterocycles. The standard InChI is InChI=1S/C22H18Br2Cl2O4/c23-3-1-2-15(4-13-6-17(25)21-19(8-13)27-11-29-21)16(10-24)5-14-7-18(26)22-20(9-14)28-12-30-22/h1-2,6-9H,3-5,10-12H2/b2-1+,16-15-. The van der Waals surface area contributed by atoms with Gasteiger partial charge in [0.15, 0.2) is 23.0 Å². The van der Waals surface area contributed by atoms with E-state index < -0.39 is 0 Å². The van der Waals surface area contributed by atoms with Gasteiger partial charge in [0.2, 0.25) is 13.6 Å². The molecule has 4 nitrogen and oxygen atoms in total. The maximum atomic E-state index is 6.38. The summed E-state index contributed by atoms with van der Waals surface area (Å²) in [6.45, 7) is 0.395. The molecule has 158 valence electrons. The summed E-state index contributed by atoms with van der Waals surface area (Å²) in [6.07, 6.45) is 5.65. The third kappa shape index (κ3) is 4.77. The van der Waals surface area contributed by atoms with Crippen molar-refractivity contribution >= 4 is 55.1 Å². The van der Waals surface area contributed by atoms with Gasteiger partial charge in [0.25, 0.3) is 0 Å². The van der Waals surface area contributed by atoms with Gasteiger partial charge in [-0.3, -0.25) is 0 Å². The molecule has 2 aromatic rings. The van der Waals surface area contributed by atoms with E-state index in [0.29, 0.717) is 39.5 Å². The molecule has 0 atom stereocenters. The number of ether oxygens (including phenoxy) is 4. The van der Waals surface area contributed by atoms with Crippen LogP contribution in [0.5, 0.6) is 23.0 Å². The van der Waals surface area contributed by atoms with Crippen LogP contribution in [0.2, 0.25) is 10.0 Å². The normalized spacial score (nSPS) is 15.1. The third-order valence-corrected chi connectivity index (χ3v) is 6.42. The highest BCUT2D eigenvalue weighted by Gasteiger charge is 2.20. The Morgan fingerprint density at radius 1 is 0.833 bits per heavy atom. The second-order valence-electron chi connectivity index (χ2n) is 6.80. The number of fused-ring (bicyclic) bond motifs is 2. The largest absolute Gasteiger partial charge is 0.454 e. The average Bonchev–Trinajstić information content (AvgIpc) is 3.39. The van der Waals surface area contributed by atoms with Crippen LogP contribution in [0.3, 0.4) is 0 Å².